The molecule has 4 atom stereocenters. The van der Waals surface area contributed by atoms with Gasteiger partial charge in [-0.05, 0) is 0 Å². The minimum Gasteiger partial charge on any atom is -0.394 e. The van der Waals surface area contributed by atoms with Crippen LogP contribution in [0.3, 0.4) is 0 Å². The van der Waals surface area contributed by atoms with Crippen LogP contribution in [0.5, 0.6) is 0 Å². The van der Waals surface area contributed by atoms with Crippen LogP contribution in [-0.4, -0.2) is 46.5 Å². The molecule has 0 amide bonds. The van der Waals surface area contributed by atoms with Crippen LogP contribution in [-0.2, 0) is 9.57 Å². The third-order valence-corrected chi connectivity index (χ3v) is 1.63. The molecule has 0 aliphatic carbocycles. The predicted octanol–water partition coefficient (Wildman–Crippen LogP) is -2.68. The van der Waals surface area contributed by atoms with E-state index in [2.05, 4.69) is 4.84 Å². The third kappa shape index (κ3) is 1.51. The zero-order valence-electron chi connectivity index (χ0n) is 5.75. The summed E-state index contributed by atoms with van der Waals surface area (Å²) < 4.78 is 4.79. The van der Waals surface area contributed by atoms with Gasteiger partial charge in [0.2, 0.25) is 6.29 Å². The molecule has 1 heterocycles. The first-order valence-electron chi connectivity index (χ1n) is 3.18. The Morgan fingerprint density at radius 3 is 2.27 bits per heavy atom. The van der Waals surface area contributed by atoms with Crippen molar-refractivity contribution < 1.29 is 24.9 Å². The quantitative estimate of drug-likeness (QED) is 0.332. The van der Waals surface area contributed by atoms with E-state index in [1.165, 1.54) is 0 Å². The Balaban J connectivity index is 2.53. The molecule has 1 aliphatic heterocycles. The third-order valence-electron chi connectivity index (χ3n) is 1.63. The van der Waals surface area contributed by atoms with E-state index in [0.29, 0.717) is 0 Å². The number of aliphatic hydroxyl groups is 3. The molecular weight excluding hydrogens is 154 g/mol. The summed E-state index contributed by atoms with van der Waals surface area (Å²) in [6.07, 6.45) is -4.22. The van der Waals surface area contributed by atoms with E-state index in [9.17, 15) is 0 Å². The summed E-state index contributed by atoms with van der Waals surface area (Å²) in [5.74, 6) is 4.73. The highest BCUT2D eigenvalue weighted by Crippen LogP contribution is 2.20. The maximum atomic E-state index is 9.09. The van der Waals surface area contributed by atoms with Crippen molar-refractivity contribution in [3.8, 4) is 0 Å². The summed E-state index contributed by atoms with van der Waals surface area (Å²) in [5, 5.41) is 26.7. The Hall–Kier alpha value is -0.240. The maximum absolute atomic E-state index is 9.09. The van der Waals surface area contributed by atoms with Gasteiger partial charge in [-0.2, -0.15) is 0 Å². The minimum atomic E-state index is -1.20. The van der Waals surface area contributed by atoms with Gasteiger partial charge in [0.1, 0.15) is 18.3 Å². The lowest BCUT2D eigenvalue weighted by molar-refractivity contribution is -0.171. The van der Waals surface area contributed by atoms with Gasteiger partial charge in [-0.3, -0.25) is 4.84 Å². The van der Waals surface area contributed by atoms with Crippen LogP contribution in [0.1, 0.15) is 0 Å². The van der Waals surface area contributed by atoms with Crippen LogP contribution < -0.4 is 5.90 Å². The van der Waals surface area contributed by atoms with E-state index >= 15 is 0 Å². The van der Waals surface area contributed by atoms with Gasteiger partial charge in [-0.25, -0.2) is 5.90 Å². The van der Waals surface area contributed by atoms with E-state index in [1.54, 1.807) is 0 Å². The first kappa shape index (κ1) is 8.85. The molecule has 66 valence electrons. The van der Waals surface area contributed by atoms with Crippen LogP contribution in [0.2, 0.25) is 0 Å². The average molecular weight is 165 g/mol. The Bertz CT molecular complexity index is 114. The van der Waals surface area contributed by atoms with Crippen LogP contribution in [0.25, 0.3) is 0 Å². The van der Waals surface area contributed by atoms with Crippen molar-refractivity contribution in [3.63, 3.8) is 0 Å². The summed E-state index contributed by atoms with van der Waals surface area (Å²) in [4.78, 5) is 4.18. The second-order valence-corrected chi connectivity index (χ2v) is 2.34. The monoisotopic (exact) mass is 165 g/mol. The molecule has 1 saturated heterocycles. The molecule has 1 aliphatic rings. The molecule has 6 heteroatoms. The Kier molecular flexibility index (Phi) is 2.77. The number of ether oxygens (including phenoxy) is 1. The molecule has 0 bridgehead atoms. The Labute approximate surface area is 63.1 Å². The smallest absolute Gasteiger partial charge is 0.206 e. The van der Waals surface area contributed by atoms with Crippen molar-refractivity contribution in [2.75, 3.05) is 6.61 Å². The summed E-state index contributed by atoms with van der Waals surface area (Å²) >= 11 is 0. The summed E-state index contributed by atoms with van der Waals surface area (Å²) in [6.45, 7) is -0.377. The summed E-state index contributed by atoms with van der Waals surface area (Å²) in [5.41, 5.74) is 0. The standard InChI is InChI=1S/C5H11NO5/c6-11-5-4(9)3(8)2(1-7)10-5/h2-5,7-9H,1,6H2/t2-,3+,4-,5-/m1/s1. The zero-order chi connectivity index (χ0) is 8.43. The highest BCUT2D eigenvalue weighted by Gasteiger charge is 2.42. The van der Waals surface area contributed by atoms with Crippen LogP contribution in [0.4, 0.5) is 0 Å². The molecule has 5 N–H and O–H groups in total. The highest BCUT2D eigenvalue weighted by molar-refractivity contribution is 4.85. The van der Waals surface area contributed by atoms with E-state index in [0.717, 1.165) is 0 Å². The molecular formula is C5H11NO5. The second-order valence-electron chi connectivity index (χ2n) is 2.34. The fourth-order valence-electron chi connectivity index (χ4n) is 0.978. The first-order chi connectivity index (χ1) is 5.20. The molecule has 0 radical (unpaired) electrons. The molecule has 1 rings (SSSR count). The maximum Gasteiger partial charge on any atom is 0.206 e. The van der Waals surface area contributed by atoms with Gasteiger partial charge in [-0.1, -0.05) is 0 Å². The van der Waals surface area contributed by atoms with Gasteiger partial charge >= 0.3 is 0 Å². The number of aliphatic hydroxyl groups excluding tert-OH is 3. The van der Waals surface area contributed by atoms with Crippen molar-refractivity contribution in [1.29, 1.82) is 0 Å². The fraction of sp³-hybridized carbons (Fsp3) is 1.00. The lowest BCUT2D eigenvalue weighted by Gasteiger charge is -2.10. The molecule has 0 saturated carbocycles. The molecule has 0 aromatic carbocycles. The molecule has 0 unspecified atom stereocenters. The number of nitrogens with two attached hydrogens (primary N) is 1. The van der Waals surface area contributed by atoms with Gasteiger partial charge in [0.05, 0.1) is 6.61 Å². The van der Waals surface area contributed by atoms with Crippen molar-refractivity contribution in [2.45, 2.75) is 24.6 Å². The van der Waals surface area contributed by atoms with Gasteiger partial charge in [0.15, 0.2) is 0 Å². The Morgan fingerprint density at radius 2 is 2.00 bits per heavy atom. The van der Waals surface area contributed by atoms with Gasteiger partial charge < -0.3 is 20.1 Å². The van der Waals surface area contributed by atoms with E-state index in [4.69, 9.17) is 26.0 Å². The van der Waals surface area contributed by atoms with E-state index < -0.39 is 24.6 Å². The zero-order valence-corrected chi connectivity index (χ0v) is 5.75. The second kappa shape index (κ2) is 3.44. The molecule has 0 aromatic heterocycles. The summed E-state index contributed by atoms with van der Waals surface area (Å²) in [6, 6.07) is 0. The van der Waals surface area contributed by atoms with Gasteiger partial charge in [0.25, 0.3) is 0 Å². The molecule has 0 aromatic rings. The lowest BCUT2D eigenvalue weighted by atomic mass is 10.1. The van der Waals surface area contributed by atoms with E-state index in [-0.39, 0.29) is 6.61 Å². The minimum absolute atomic E-state index is 0.377. The predicted molar refractivity (Wildman–Crippen MR) is 33.0 cm³/mol. The lowest BCUT2D eigenvalue weighted by Crippen LogP contribution is -2.35. The van der Waals surface area contributed by atoms with Crippen molar-refractivity contribution in [3.05, 3.63) is 0 Å². The molecule has 0 spiro atoms. The van der Waals surface area contributed by atoms with Crippen LogP contribution in [0.15, 0.2) is 0 Å². The van der Waals surface area contributed by atoms with Crippen molar-refractivity contribution in [2.24, 2.45) is 5.90 Å². The number of hydrogen-bond donors (Lipinski definition) is 4. The molecule has 1 fully saturated rings. The van der Waals surface area contributed by atoms with Crippen LogP contribution >= 0.6 is 0 Å². The molecule has 11 heavy (non-hydrogen) atoms. The first-order valence-corrected chi connectivity index (χ1v) is 3.18. The largest absolute Gasteiger partial charge is 0.394 e. The average Bonchev–Trinajstić information content (AvgIpc) is 2.30. The van der Waals surface area contributed by atoms with Crippen LogP contribution in [0, 0.1) is 0 Å². The van der Waals surface area contributed by atoms with Gasteiger partial charge in [0, 0.05) is 0 Å². The van der Waals surface area contributed by atoms with Gasteiger partial charge in [-0.15, -0.1) is 0 Å². The topological polar surface area (TPSA) is 105 Å². The van der Waals surface area contributed by atoms with Crippen molar-refractivity contribution in [1.82, 2.24) is 0 Å². The normalized spacial score (nSPS) is 44.7. The Morgan fingerprint density at radius 1 is 1.36 bits per heavy atom. The number of rotatable bonds is 2. The summed E-state index contributed by atoms with van der Waals surface area (Å²) in [7, 11) is 0. The number of hydrogen-bond acceptors (Lipinski definition) is 6. The highest BCUT2D eigenvalue weighted by atomic mass is 16.8. The van der Waals surface area contributed by atoms with Crippen molar-refractivity contribution >= 4 is 0 Å². The molecule has 6 nitrogen and oxygen atoms in total. The SMILES string of the molecule is NO[C@H]1O[C@H](CO)[C@H](O)[C@H]1O. The van der Waals surface area contributed by atoms with E-state index in [1.807, 2.05) is 0 Å². The fourth-order valence-corrected chi connectivity index (χ4v) is 0.978.